The summed E-state index contributed by atoms with van der Waals surface area (Å²) >= 11 is 7.88. The molecule has 1 rings (SSSR count). The zero-order valence-electron chi connectivity index (χ0n) is 9.36. The van der Waals surface area contributed by atoms with E-state index in [2.05, 4.69) is 13.0 Å². The van der Waals surface area contributed by atoms with Gasteiger partial charge in [-0.05, 0) is 30.9 Å². The maximum absolute atomic E-state index is 8.78. The van der Waals surface area contributed by atoms with Crippen LogP contribution in [0.5, 0.6) is 0 Å². The van der Waals surface area contributed by atoms with Crippen LogP contribution in [-0.4, -0.2) is 22.7 Å². The molecule has 1 unspecified atom stereocenters. The van der Waals surface area contributed by atoms with E-state index in [1.807, 2.05) is 18.2 Å². The van der Waals surface area contributed by atoms with Gasteiger partial charge in [0, 0.05) is 16.0 Å². The fourth-order valence-corrected chi connectivity index (χ4v) is 2.67. The van der Waals surface area contributed by atoms with Crippen LogP contribution in [0.2, 0.25) is 5.02 Å². The van der Waals surface area contributed by atoms with Crippen LogP contribution in [0.1, 0.15) is 18.4 Å². The highest BCUT2D eigenvalue weighted by atomic mass is 35.5. The molecule has 0 saturated carbocycles. The van der Waals surface area contributed by atoms with Gasteiger partial charge in [-0.1, -0.05) is 36.7 Å². The second-order valence-corrected chi connectivity index (χ2v) is 5.45. The lowest BCUT2D eigenvalue weighted by Crippen LogP contribution is -2.05. The molecule has 0 aliphatic heterocycles. The van der Waals surface area contributed by atoms with Crippen LogP contribution in [-0.2, 0) is 6.42 Å². The van der Waals surface area contributed by atoms with Crippen molar-refractivity contribution in [1.82, 2.24) is 0 Å². The summed E-state index contributed by atoms with van der Waals surface area (Å²) in [4.78, 5) is 0. The summed E-state index contributed by atoms with van der Waals surface area (Å²) in [6.07, 6.45) is 2.95. The largest absolute Gasteiger partial charge is 0.396 e. The van der Waals surface area contributed by atoms with Gasteiger partial charge >= 0.3 is 0 Å². The van der Waals surface area contributed by atoms with E-state index in [0.29, 0.717) is 5.25 Å². The molecule has 0 spiro atoms. The molecule has 0 bridgehead atoms. The molecule has 3 heteroatoms. The Morgan fingerprint density at radius 2 is 2.12 bits per heavy atom. The van der Waals surface area contributed by atoms with E-state index in [1.54, 1.807) is 11.8 Å². The average molecular weight is 258 g/mol. The standard InChI is InChI=1S/C13H18ClOS/c1-2-12(16-10-9-15)8-7-11-5-3-4-6-13(11)14/h3-6,12,15H,1-2,7-10H2. The molecular weight excluding hydrogens is 240 g/mol. The Kier molecular flexibility index (Phi) is 6.93. The van der Waals surface area contributed by atoms with Gasteiger partial charge in [0.2, 0.25) is 0 Å². The van der Waals surface area contributed by atoms with Crippen LogP contribution in [0, 0.1) is 6.92 Å². The van der Waals surface area contributed by atoms with E-state index in [0.717, 1.165) is 30.0 Å². The summed E-state index contributed by atoms with van der Waals surface area (Å²) in [6, 6.07) is 7.96. The molecule has 16 heavy (non-hydrogen) atoms. The molecule has 0 amide bonds. The first kappa shape index (κ1) is 13.9. The lowest BCUT2D eigenvalue weighted by molar-refractivity contribution is 0.322. The molecule has 1 aromatic rings. The van der Waals surface area contributed by atoms with Gasteiger partial charge < -0.3 is 5.11 Å². The number of hydrogen-bond acceptors (Lipinski definition) is 2. The Hall–Kier alpha value is -0.180. The zero-order valence-corrected chi connectivity index (χ0v) is 10.9. The van der Waals surface area contributed by atoms with E-state index >= 15 is 0 Å². The normalized spacial score (nSPS) is 12.7. The van der Waals surface area contributed by atoms with Crippen molar-refractivity contribution in [3.63, 3.8) is 0 Å². The molecule has 0 aromatic heterocycles. The zero-order chi connectivity index (χ0) is 11.8. The summed E-state index contributed by atoms with van der Waals surface area (Å²) in [5.41, 5.74) is 1.20. The van der Waals surface area contributed by atoms with Gasteiger partial charge in [-0.3, -0.25) is 0 Å². The predicted octanol–water partition coefficient (Wildman–Crippen LogP) is 3.59. The molecule has 89 valence electrons. The highest BCUT2D eigenvalue weighted by Gasteiger charge is 2.08. The van der Waals surface area contributed by atoms with Crippen molar-refractivity contribution >= 4 is 23.4 Å². The van der Waals surface area contributed by atoms with Crippen molar-refractivity contribution in [3.05, 3.63) is 41.8 Å². The lowest BCUT2D eigenvalue weighted by Gasteiger charge is -2.14. The molecule has 1 nitrogen and oxygen atoms in total. The minimum absolute atomic E-state index is 0.243. The molecular formula is C13H18ClOS. The first-order chi connectivity index (χ1) is 7.77. The molecule has 0 saturated heterocycles. The van der Waals surface area contributed by atoms with Crippen LogP contribution >= 0.6 is 23.4 Å². The van der Waals surface area contributed by atoms with Gasteiger partial charge in [-0.15, -0.1) is 0 Å². The van der Waals surface area contributed by atoms with Crippen molar-refractivity contribution in [1.29, 1.82) is 0 Å². The minimum atomic E-state index is 0.243. The third-order valence-electron chi connectivity index (χ3n) is 2.46. The summed E-state index contributed by atoms with van der Waals surface area (Å²) in [7, 11) is 0. The second kappa shape index (κ2) is 7.99. The number of aliphatic hydroxyl groups excluding tert-OH is 1. The first-order valence-electron chi connectivity index (χ1n) is 5.53. The van der Waals surface area contributed by atoms with Crippen LogP contribution in [0.15, 0.2) is 24.3 Å². The van der Waals surface area contributed by atoms with Crippen molar-refractivity contribution in [2.75, 3.05) is 12.4 Å². The highest BCUT2D eigenvalue weighted by Crippen LogP contribution is 2.23. The van der Waals surface area contributed by atoms with Crippen LogP contribution < -0.4 is 0 Å². The van der Waals surface area contributed by atoms with E-state index < -0.39 is 0 Å². The number of aryl methyl sites for hydroxylation is 1. The summed E-state index contributed by atoms with van der Waals surface area (Å²) < 4.78 is 0. The van der Waals surface area contributed by atoms with Crippen molar-refractivity contribution in [2.45, 2.75) is 24.5 Å². The van der Waals surface area contributed by atoms with Gasteiger partial charge in [0.15, 0.2) is 0 Å². The Morgan fingerprint density at radius 1 is 1.38 bits per heavy atom. The number of thioether (sulfide) groups is 1. The van der Waals surface area contributed by atoms with Gasteiger partial charge in [-0.25, -0.2) is 0 Å². The van der Waals surface area contributed by atoms with Gasteiger partial charge in [0.05, 0.1) is 6.61 Å². The maximum atomic E-state index is 8.78. The van der Waals surface area contributed by atoms with Crippen LogP contribution in [0.3, 0.4) is 0 Å². The van der Waals surface area contributed by atoms with E-state index in [9.17, 15) is 0 Å². The third kappa shape index (κ3) is 4.77. The average Bonchev–Trinajstić information content (AvgIpc) is 2.31. The molecule has 1 N–H and O–H groups in total. The molecule has 0 aliphatic carbocycles. The molecule has 1 radical (unpaired) electrons. The number of hydrogen-bond donors (Lipinski definition) is 1. The third-order valence-corrected chi connectivity index (χ3v) is 4.19. The van der Waals surface area contributed by atoms with Gasteiger partial charge in [0.25, 0.3) is 0 Å². The minimum Gasteiger partial charge on any atom is -0.396 e. The smallest absolute Gasteiger partial charge is 0.0521 e. The van der Waals surface area contributed by atoms with Crippen molar-refractivity contribution in [3.8, 4) is 0 Å². The van der Waals surface area contributed by atoms with Crippen LogP contribution in [0.25, 0.3) is 0 Å². The molecule has 0 heterocycles. The molecule has 1 atom stereocenters. The van der Waals surface area contributed by atoms with Crippen LogP contribution in [0.4, 0.5) is 0 Å². The Balaban J connectivity index is 2.40. The SMILES string of the molecule is [CH2]CC(CCc1ccccc1Cl)SCCO. The van der Waals surface area contributed by atoms with Crippen molar-refractivity contribution in [2.24, 2.45) is 0 Å². The lowest BCUT2D eigenvalue weighted by atomic mass is 10.1. The quantitative estimate of drug-likeness (QED) is 0.806. The fraction of sp³-hybridized carbons (Fsp3) is 0.462. The second-order valence-electron chi connectivity index (χ2n) is 3.64. The van der Waals surface area contributed by atoms with E-state index in [-0.39, 0.29) is 6.61 Å². The topological polar surface area (TPSA) is 20.2 Å². The highest BCUT2D eigenvalue weighted by molar-refractivity contribution is 7.99. The van der Waals surface area contributed by atoms with Gasteiger partial charge in [-0.2, -0.15) is 11.8 Å². The molecule has 0 fully saturated rings. The monoisotopic (exact) mass is 257 g/mol. The summed E-state index contributed by atoms with van der Waals surface area (Å²) in [5, 5.41) is 10.1. The Morgan fingerprint density at radius 3 is 2.75 bits per heavy atom. The van der Waals surface area contributed by atoms with E-state index in [1.165, 1.54) is 5.56 Å². The Bertz CT molecular complexity index is 304. The predicted molar refractivity (Wildman–Crippen MR) is 73.1 cm³/mol. The van der Waals surface area contributed by atoms with Crippen molar-refractivity contribution < 1.29 is 5.11 Å². The summed E-state index contributed by atoms with van der Waals surface area (Å²) in [6.45, 7) is 4.18. The Labute approximate surface area is 107 Å². The van der Waals surface area contributed by atoms with E-state index in [4.69, 9.17) is 16.7 Å². The van der Waals surface area contributed by atoms with Gasteiger partial charge in [0.1, 0.15) is 0 Å². The number of rotatable bonds is 7. The molecule has 1 aromatic carbocycles. The first-order valence-corrected chi connectivity index (χ1v) is 6.95. The number of aliphatic hydroxyl groups is 1. The fourth-order valence-electron chi connectivity index (χ4n) is 1.55. The summed E-state index contributed by atoms with van der Waals surface area (Å²) in [5.74, 6) is 0.794. The number of halogens is 1. The molecule has 0 aliphatic rings. The maximum Gasteiger partial charge on any atom is 0.0521 e. The number of benzene rings is 1.